The molecule has 0 aliphatic carbocycles. The van der Waals surface area contributed by atoms with Crippen molar-refractivity contribution in [3.05, 3.63) is 18.0 Å². The summed E-state index contributed by atoms with van der Waals surface area (Å²) >= 11 is 0. The fourth-order valence-corrected chi connectivity index (χ4v) is 3.17. The lowest BCUT2D eigenvalue weighted by molar-refractivity contribution is -0.145. The minimum atomic E-state index is -0.707. The molecule has 1 saturated heterocycles. The Hall–Kier alpha value is -1.36. The maximum absolute atomic E-state index is 11.4. The van der Waals surface area contributed by atoms with Crippen molar-refractivity contribution in [2.75, 3.05) is 6.54 Å². The van der Waals surface area contributed by atoms with Gasteiger partial charge in [0.15, 0.2) is 0 Å². The Morgan fingerprint density at radius 1 is 1.48 bits per heavy atom. The summed E-state index contributed by atoms with van der Waals surface area (Å²) < 4.78 is 2.03. The Bertz CT molecular complexity index is 468. The number of rotatable bonds is 6. The molecule has 1 aromatic rings. The number of aromatic nitrogens is 2. The van der Waals surface area contributed by atoms with Crippen LogP contribution in [0.15, 0.2) is 12.3 Å². The third-order valence-electron chi connectivity index (χ3n) is 4.61. The molecule has 0 spiro atoms. The van der Waals surface area contributed by atoms with E-state index in [1.165, 1.54) is 0 Å². The van der Waals surface area contributed by atoms with Crippen LogP contribution in [-0.4, -0.2) is 38.3 Å². The van der Waals surface area contributed by atoms with Gasteiger partial charge in [-0.1, -0.05) is 20.8 Å². The number of carboxylic acids is 1. The van der Waals surface area contributed by atoms with Crippen molar-refractivity contribution in [3.8, 4) is 0 Å². The van der Waals surface area contributed by atoms with Crippen molar-refractivity contribution in [1.82, 2.24) is 14.7 Å². The van der Waals surface area contributed by atoms with Gasteiger partial charge in [-0.3, -0.25) is 14.4 Å². The lowest BCUT2D eigenvalue weighted by Gasteiger charge is -2.35. The summed E-state index contributed by atoms with van der Waals surface area (Å²) in [6.45, 7) is 7.95. The molecule has 5 heteroatoms. The number of hydrogen-bond acceptors (Lipinski definition) is 3. The van der Waals surface area contributed by atoms with E-state index in [1.807, 2.05) is 16.9 Å². The van der Waals surface area contributed by atoms with Gasteiger partial charge in [-0.25, -0.2) is 0 Å². The van der Waals surface area contributed by atoms with Crippen LogP contribution in [0.1, 0.15) is 58.2 Å². The van der Waals surface area contributed by atoms with Gasteiger partial charge in [-0.15, -0.1) is 0 Å². The zero-order valence-corrected chi connectivity index (χ0v) is 13.3. The third-order valence-corrected chi connectivity index (χ3v) is 4.61. The van der Waals surface area contributed by atoms with Gasteiger partial charge in [0.25, 0.3) is 0 Å². The van der Waals surface area contributed by atoms with E-state index in [0.29, 0.717) is 18.5 Å². The maximum atomic E-state index is 11.4. The Labute approximate surface area is 126 Å². The van der Waals surface area contributed by atoms with Crippen molar-refractivity contribution in [1.29, 1.82) is 0 Å². The minimum absolute atomic E-state index is 0.368. The molecule has 1 aliphatic heterocycles. The van der Waals surface area contributed by atoms with Crippen molar-refractivity contribution < 1.29 is 9.90 Å². The van der Waals surface area contributed by atoms with Crippen LogP contribution in [-0.2, 0) is 11.3 Å². The van der Waals surface area contributed by atoms with Crippen LogP contribution in [0.4, 0.5) is 0 Å². The first-order valence-corrected chi connectivity index (χ1v) is 8.06. The van der Waals surface area contributed by atoms with Gasteiger partial charge in [-0.2, -0.15) is 5.10 Å². The molecule has 1 fully saturated rings. The van der Waals surface area contributed by atoms with Crippen LogP contribution in [0.2, 0.25) is 0 Å². The molecule has 2 atom stereocenters. The van der Waals surface area contributed by atoms with Crippen LogP contribution in [0, 0.1) is 5.92 Å². The topological polar surface area (TPSA) is 58.4 Å². The molecule has 0 amide bonds. The molecule has 0 bridgehead atoms. The van der Waals surface area contributed by atoms with Crippen molar-refractivity contribution >= 4 is 5.97 Å². The second-order valence-corrected chi connectivity index (χ2v) is 6.21. The van der Waals surface area contributed by atoms with Gasteiger partial charge in [0.1, 0.15) is 6.04 Å². The van der Waals surface area contributed by atoms with Gasteiger partial charge in [0, 0.05) is 12.7 Å². The Kier molecular flexibility index (Phi) is 5.39. The number of piperidine rings is 1. The zero-order valence-electron chi connectivity index (χ0n) is 13.3. The molecule has 21 heavy (non-hydrogen) atoms. The Balaban J connectivity index is 2.04. The van der Waals surface area contributed by atoms with E-state index in [-0.39, 0.29) is 6.04 Å². The van der Waals surface area contributed by atoms with Crippen LogP contribution >= 0.6 is 0 Å². The Morgan fingerprint density at radius 3 is 2.81 bits per heavy atom. The third kappa shape index (κ3) is 3.84. The molecule has 2 heterocycles. The summed E-state index contributed by atoms with van der Waals surface area (Å²) in [6, 6.07) is 2.09. The van der Waals surface area contributed by atoms with Gasteiger partial charge in [0.2, 0.25) is 0 Å². The van der Waals surface area contributed by atoms with E-state index < -0.39 is 5.97 Å². The highest BCUT2D eigenvalue weighted by atomic mass is 16.4. The summed E-state index contributed by atoms with van der Waals surface area (Å²) in [4.78, 5) is 13.5. The highest BCUT2D eigenvalue weighted by Crippen LogP contribution is 2.24. The molecule has 0 aromatic carbocycles. The van der Waals surface area contributed by atoms with Crippen molar-refractivity contribution in [2.24, 2.45) is 5.92 Å². The standard InChI is InChI=1S/C16H27N3O2/c1-4-14(5-2)19-9-7-13(17-19)11-18-8-6-12(3)10-15(18)16(20)21/h7,9,12,14-15H,4-6,8,10-11H2,1-3H3,(H,20,21). The largest absolute Gasteiger partial charge is 0.480 e. The summed E-state index contributed by atoms with van der Waals surface area (Å²) in [7, 11) is 0. The van der Waals surface area contributed by atoms with Crippen LogP contribution in [0.3, 0.4) is 0 Å². The molecule has 1 aliphatic rings. The zero-order chi connectivity index (χ0) is 15.4. The average molecular weight is 293 g/mol. The normalized spacial score (nSPS) is 23.6. The average Bonchev–Trinajstić information content (AvgIpc) is 2.90. The van der Waals surface area contributed by atoms with E-state index in [4.69, 9.17) is 0 Å². The molecule has 0 radical (unpaired) electrons. The smallest absolute Gasteiger partial charge is 0.320 e. The summed E-state index contributed by atoms with van der Waals surface area (Å²) in [5.74, 6) is -0.217. The summed E-state index contributed by atoms with van der Waals surface area (Å²) in [6.07, 6.45) is 5.96. The van der Waals surface area contributed by atoms with Gasteiger partial charge in [0.05, 0.1) is 11.7 Å². The number of likely N-dealkylation sites (tertiary alicyclic amines) is 1. The Morgan fingerprint density at radius 2 is 2.19 bits per heavy atom. The summed E-state index contributed by atoms with van der Waals surface area (Å²) in [5, 5.41) is 14.0. The molecule has 2 rings (SSSR count). The van der Waals surface area contributed by atoms with E-state index in [0.717, 1.165) is 37.9 Å². The molecule has 1 N–H and O–H groups in total. The number of carboxylic acid groups (broad SMARTS) is 1. The molecule has 1 aromatic heterocycles. The molecular weight excluding hydrogens is 266 g/mol. The second kappa shape index (κ2) is 7.07. The number of carbonyl (C=O) groups is 1. The minimum Gasteiger partial charge on any atom is -0.480 e. The first kappa shape index (κ1) is 16.0. The second-order valence-electron chi connectivity index (χ2n) is 6.21. The fourth-order valence-electron chi connectivity index (χ4n) is 3.17. The molecule has 2 unspecified atom stereocenters. The predicted octanol–water partition coefficient (Wildman–Crippen LogP) is 2.93. The van der Waals surface area contributed by atoms with Gasteiger partial charge >= 0.3 is 5.97 Å². The number of aliphatic carboxylic acids is 1. The van der Waals surface area contributed by atoms with E-state index >= 15 is 0 Å². The van der Waals surface area contributed by atoms with Crippen LogP contribution in [0.5, 0.6) is 0 Å². The highest BCUT2D eigenvalue weighted by Gasteiger charge is 2.31. The van der Waals surface area contributed by atoms with Crippen molar-refractivity contribution in [3.63, 3.8) is 0 Å². The van der Waals surface area contributed by atoms with E-state index in [2.05, 4.69) is 30.8 Å². The number of nitrogens with zero attached hydrogens (tertiary/aromatic N) is 3. The molecule has 118 valence electrons. The quantitative estimate of drug-likeness (QED) is 0.876. The molecular formula is C16H27N3O2. The monoisotopic (exact) mass is 293 g/mol. The van der Waals surface area contributed by atoms with E-state index in [9.17, 15) is 9.90 Å². The molecule has 5 nitrogen and oxygen atoms in total. The maximum Gasteiger partial charge on any atom is 0.320 e. The summed E-state index contributed by atoms with van der Waals surface area (Å²) in [5.41, 5.74) is 0.975. The first-order valence-electron chi connectivity index (χ1n) is 8.06. The fraction of sp³-hybridized carbons (Fsp3) is 0.750. The lowest BCUT2D eigenvalue weighted by atomic mass is 9.92. The van der Waals surface area contributed by atoms with Gasteiger partial charge in [-0.05, 0) is 44.2 Å². The SMILES string of the molecule is CCC(CC)n1ccc(CN2CCC(C)CC2C(=O)O)n1. The first-order chi connectivity index (χ1) is 10.0. The van der Waals surface area contributed by atoms with Crippen molar-refractivity contribution in [2.45, 2.75) is 65.1 Å². The van der Waals surface area contributed by atoms with Crippen LogP contribution < -0.4 is 0 Å². The predicted molar refractivity (Wildman–Crippen MR) is 82.1 cm³/mol. The highest BCUT2D eigenvalue weighted by molar-refractivity contribution is 5.73. The number of hydrogen-bond donors (Lipinski definition) is 1. The van der Waals surface area contributed by atoms with Crippen LogP contribution in [0.25, 0.3) is 0 Å². The lowest BCUT2D eigenvalue weighted by Crippen LogP contribution is -2.46. The van der Waals surface area contributed by atoms with Gasteiger partial charge < -0.3 is 5.11 Å². The van der Waals surface area contributed by atoms with E-state index in [1.54, 1.807) is 0 Å². The molecule has 0 saturated carbocycles.